The second kappa shape index (κ2) is 6.03. The summed E-state index contributed by atoms with van der Waals surface area (Å²) in [6.45, 7) is 4.61. The van der Waals surface area contributed by atoms with Gasteiger partial charge < -0.3 is 5.73 Å². The molecule has 0 heterocycles. The highest BCUT2D eigenvalue weighted by atomic mass is 14.9. The lowest BCUT2D eigenvalue weighted by atomic mass is 9.78. The van der Waals surface area contributed by atoms with Gasteiger partial charge in [-0.1, -0.05) is 57.0 Å². The van der Waals surface area contributed by atoms with E-state index < -0.39 is 0 Å². The van der Waals surface area contributed by atoms with Gasteiger partial charge in [0.2, 0.25) is 0 Å². The lowest BCUT2D eigenvalue weighted by Crippen LogP contribution is -2.30. The van der Waals surface area contributed by atoms with E-state index >= 15 is 0 Å². The molecule has 0 aromatic heterocycles. The summed E-state index contributed by atoms with van der Waals surface area (Å²) in [7, 11) is 0. The Labute approximate surface area is 110 Å². The average Bonchev–Trinajstić information content (AvgIpc) is 2.40. The van der Waals surface area contributed by atoms with Gasteiger partial charge in [0.15, 0.2) is 0 Å². The molecule has 2 nitrogen and oxygen atoms in total. The molecule has 18 heavy (non-hydrogen) atoms. The van der Waals surface area contributed by atoms with Crippen LogP contribution in [0.25, 0.3) is 0 Å². The van der Waals surface area contributed by atoms with Crippen LogP contribution in [0.5, 0.6) is 0 Å². The highest BCUT2D eigenvalue weighted by molar-refractivity contribution is 5.97. The van der Waals surface area contributed by atoms with E-state index in [2.05, 4.69) is 13.8 Å². The molecule has 1 saturated carbocycles. The molecule has 98 valence electrons. The van der Waals surface area contributed by atoms with Crippen LogP contribution in [0.3, 0.4) is 0 Å². The largest absolute Gasteiger partial charge is 0.383 e. The highest BCUT2D eigenvalue weighted by Gasteiger charge is 2.27. The van der Waals surface area contributed by atoms with Crippen molar-refractivity contribution in [2.45, 2.75) is 45.6 Å². The molecule has 2 atom stereocenters. The maximum Gasteiger partial charge on any atom is 0.125 e. The minimum Gasteiger partial charge on any atom is -0.383 e. The fourth-order valence-electron chi connectivity index (χ4n) is 2.94. The van der Waals surface area contributed by atoms with Gasteiger partial charge in [-0.3, -0.25) is 4.99 Å². The van der Waals surface area contributed by atoms with Crippen LogP contribution in [-0.2, 0) is 0 Å². The average molecular weight is 244 g/mol. The molecule has 2 N–H and O–H groups in total. The Morgan fingerprint density at radius 1 is 1.17 bits per heavy atom. The topological polar surface area (TPSA) is 38.4 Å². The second-order valence-corrected chi connectivity index (χ2v) is 5.64. The normalized spacial score (nSPS) is 25.4. The van der Waals surface area contributed by atoms with Crippen molar-refractivity contribution in [2.24, 2.45) is 22.6 Å². The zero-order valence-corrected chi connectivity index (χ0v) is 11.5. The molecule has 0 aliphatic heterocycles. The summed E-state index contributed by atoms with van der Waals surface area (Å²) in [6.07, 6.45) is 5.13. The van der Waals surface area contributed by atoms with E-state index in [9.17, 15) is 0 Å². The number of benzene rings is 1. The van der Waals surface area contributed by atoms with Gasteiger partial charge in [0.25, 0.3) is 0 Å². The molecule has 1 fully saturated rings. The van der Waals surface area contributed by atoms with Crippen molar-refractivity contribution in [1.82, 2.24) is 0 Å². The third-order valence-corrected chi connectivity index (χ3v) is 4.01. The number of hydrogen-bond acceptors (Lipinski definition) is 1. The van der Waals surface area contributed by atoms with E-state index in [-0.39, 0.29) is 0 Å². The first-order chi connectivity index (χ1) is 8.68. The maximum absolute atomic E-state index is 6.14. The molecule has 2 heteroatoms. The molecule has 0 saturated heterocycles. The van der Waals surface area contributed by atoms with Crippen molar-refractivity contribution in [2.75, 3.05) is 0 Å². The molecule has 1 aliphatic rings. The summed E-state index contributed by atoms with van der Waals surface area (Å²) >= 11 is 0. The van der Waals surface area contributed by atoms with Crippen LogP contribution in [-0.4, -0.2) is 11.9 Å². The predicted molar refractivity (Wildman–Crippen MR) is 77.8 cm³/mol. The number of hydrogen-bond donors (Lipinski definition) is 1. The number of amidine groups is 1. The molecule has 0 spiro atoms. The van der Waals surface area contributed by atoms with Crippen LogP contribution in [0.15, 0.2) is 35.3 Å². The van der Waals surface area contributed by atoms with Gasteiger partial charge in [0.05, 0.1) is 6.04 Å². The zero-order chi connectivity index (χ0) is 13.0. The van der Waals surface area contributed by atoms with Crippen LogP contribution in [0, 0.1) is 11.8 Å². The molecule has 0 radical (unpaired) electrons. The standard InChI is InChI=1S/C16H24N2/c1-12(2)14-10-6-7-11-15(14)18-16(17)13-8-4-3-5-9-13/h3-5,8-9,12,14-15H,6-7,10-11H2,1-2H3,(H2,17,18). The minimum absolute atomic E-state index is 0.416. The van der Waals surface area contributed by atoms with Gasteiger partial charge in [-0.25, -0.2) is 0 Å². The number of nitrogens with two attached hydrogens (primary N) is 1. The molecular formula is C16H24N2. The zero-order valence-electron chi connectivity index (χ0n) is 11.5. The van der Waals surface area contributed by atoms with Gasteiger partial charge >= 0.3 is 0 Å². The van der Waals surface area contributed by atoms with Gasteiger partial charge in [0.1, 0.15) is 5.84 Å². The van der Waals surface area contributed by atoms with E-state index in [4.69, 9.17) is 10.7 Å². The number of aliphatic imine (C=N–C) groups is 1. The van der Waals surface area contributed by atoms with Gasteiger partial charge in [0, 0.05) is 5.56 Å². The fraction of sp³-hybridized carbons (Fsp3) is 0.562. The molecule has 0 amide bonds. The Bertz CT molecular complexity index is 395. The van der Waals surface area contributed by atoms with Crippen LogP contribution in [0.2, 0.25) is 0 Å². The van der Waals surface area contributed by atoms with Crippen LogP contribution < -0.4 is 5.73 Å². The summed E-state index contributed by atoms with van der Waals surface area (Å²) < 4.78 is 0. The fourth-order valence-corrected chi connectivity index (χ4v) is 2.94. The van der Waals surface area contributed by atoms with E-state index in [1.807, 2.05) is 30.3 Å². The Hall–Kier alpha value is -1.31. The highest BCUT2D eigenvalue weighted by Crippen LogP contribution is 2.32. The molecule has 1 aromatic carbocycles. The second-order valence-electron chi connectivity index (χ2n) is 5.64. The summed E-state index contributed by atoms with van der Waals surface area (Å²) in [5.41, 5.74) is 7.19. The first kappa shape index (κ1) is 13.1. The smallest absolute Gasteiger partial charge is 0.125 e. The SMILES string of the molecule is CC(C)C1CCCCC1N=C(N)c1ccccc1. The lowest BCUT2D eigenvalue weighted by Gasteiger charge is -2.32. The molecular weight excluding hydrogens is 220 g/mol. The molecule has 1 aromatic rings. The molecule has 2 unspecified atom stereocenters. The number of rotatable bonds is 3. The molecule has 2 rings (SSSR count). The van der Waals surface area contributed by atoms with Gasteiger partial charge in [-0.2, -0.15) is 0 Å². The molecule has 1 aliphatic carbocycles. The van der Waals surface area contributed by atoms with Crippen LogP contribution in [0.1, 0.15) is 45.1 Å². The third-order valence-electron chi connectivity index (χ3n) is 4.01. The van der Waals surface area contributed by atoms with Gasteiger partial charge in [-0.15, -0.1) is 0 Å². The summed E-state index contributed by atoms with van der Waals surface area (Å²) in [4.78, 5) is 4.80. The Morgan fingerprint density at radius 2 is 1.83 bits per heavy atom. The van der Waals surface area contributed by atoms with Crippen LogP contribution >= 0.6 is 0 Å². The predicted octanol–water partition coefficient (Wildman–Crippen LogP) is 3.61. The van der Waals surface area contributed by atoms with Crippen molar-refractivity contribution in [3.05, 3.63) is 35.9 Å². The van der Waals surface area contributed by atoms with Crippen molar-refractivity contribution in [3.63, 3.8) is 0 Å². The Balaban J connectivity index is 2.15. The minimum atomic E-state index is 0.416. The van der Waals surface area contributed by atoms with E-state index in [1.54, 1.807) is 0 Å². The third kappa shape index (κ3) is 3.12. The van der Waals surface area contributed by atoms with E-state index in [0.29, 0.717) is 23.7 Å². The van der Waals surface area contributed by atoms with Crippen molar-refractivity contribution in [1.29, 1.82) is 0 Å². The monoisotopic (exact) mass is 244 g/mol. The van der Waals surface area contributed by atoms with Crippen molar-refractivity contribution < 1.29 is 0 Å². The van der Waals surface area contributed by atoms with E-state index in [1.165, 1.54) is 25.7 Å². The summed E-state index contributed by atoms with van der Waals surface area (Å²) in [5, 5.41) is 0. The first-order valence-corrected chi connectivity index (χ1v) is 7.07. The Kier molecular flexibility index (Phi) is 4.40. The number of nitrogens with zero attached hydrogens (tertiary/aromatic N) is 1. The van der Waals surface area contributed by atoms with E-state index in [0.717, 1.165) is 5.56 Å². The van der Waals surface area contributed by atoms with Crippen molar-refractivity contribution >= 4 is 5.84 Å². The van der Waals surface area contributed by atoms with Gasteiger partial charge in [-0.05, 0) is 24.7 Å². The maximum atomic E-state index is 6.14. The Morgan fingerprint density at radius 3 is 2.50 bits per heavy atom. The first-order valence-electron chi connectivity index (χ1n) is 7.07. The summed E-state index contributed by atoms with van der Waals surface area (Å²) in [6, 6.07) is 10.5. The van der Waals surface area contributed by atoms with Crippen LogP contribution in [0.4, 0.5) is 0 Å². The summed E-state index contributed by atoms with van der Waals surface area (Å²) in [5.74, 6) is 2.09. The van der Waals surface area contributed by atoms with Crippen molar-refractivity contribution in [3.8, 4) is 0 Å². The quantitative estimate of drug-likeness (QED) is 0.640. The lowest BCUT2D eigenvalue weighted by molar-refractivity contribution is 0.241. The molecule has 0 bridgehead atoms.